The molecule has 1 amide bonds. The summed E-state index contributed by atoms with van der Waals surface area (Å²) in [5, 5.41) is 2.73. The van der Waals surface area contributed by atoms with E-state index in [1.54, 1.807) is 48.5 Å². The summed E-state index contributed by atoms with van der Waals surface area (Å²) in [5.74, 6) is -0.376. The zero-order valence-electron chi connectivity index (χ0n) is 14.8. The van der Waals surface area contributed by atoms with Crippen LogP contribution in [0, 0.1) is 0 Å². The Morgan fingerprint density at radius 1 is 0.917 bits per heavy atom. The number of hydrogen-bond acceptors (Lipinski definition) is 3. The van der Waals surface area contributed by atoms with Gasteiger partial charge in [0, 0.05) is 17.4 Å². The number of carbonyl (C=O) groups is 2. The fourth-order valence-corrected chi connectivity index (χ4v) is 2.06. The number of nitrogens with two attached hydrogens (primary N) is 1. The molecule has 1 unspecified atom stereocenters. The van der Waals surface area contributed by atoms with Crippen molar-refractivity contribution in [2.45, 2.75) is 27.7 Å². The number of carbonyl (C=O) groups excluding carboxylic acids is 2. The summed E-state index contributed by atoms with van der Waals surface area (Å²) in [6.07, 6.45) is 0.306. The van der Waals surface area contributed by atoms with Crippen LogP contribution in [0.15, 0.2) is 48.5 Å². The zero-order valence-corrected chi connectivity index (χ0v) is 16.0. The molecule has 2 aromatic carbocycles. The summed E-state index contributed by atoms with van der Waals surface area (Å²) in [7, 11) is 2.38. The van der Waals surface area contributed by atoms with Crippen molar-refractivity contribution in [2.24, 2.45) is 0 Å². The van der Waals surface area contributed by atoms with E-state index in [2.05, 4.69) is 14.6 Å². The number of Topliss-reactive ketones (excluding diaryl/α,β-unsaturated/α-hetero) is 1. The molecule has 24 heavy (non-hydrogen) atoms. The molecule has 0 saturated heterocycles. The van der Waals surface area contributed by atoms with Crippen LogP contribution in [0.1, 0.15) is 48.4 Å². The molecule has 0 radical (unpaired) electrons. The summed E-state index contributed by atoms with van der Waals surface area (Å²) < 4.78 is 0. The minimum Gasteiger partial charge on any atom is -0.398 e. The Bertz CT molecular complexity index is 657. The average Bonchev–Trinajstić information content (AvgIpc) is 2.65. The summed E-state index contributed by atoms with van der Waals surface area (Å²) in [5.41, 5.74) is 7.54. The third kappa shape index (κ3) is 6.13. The molecular weight excluding hydrogens is 319 g/mol. The number of rotatable bonds is 4. The fourth-order valence-electron chi connectivity index (χ4n) is 1.84. The molecule has 0 saturated carbocycles. The lowest BCUT2D eigenvalue weighted by Gasteiger charge is -2.10. The summed E-state index contributed by atoms with van der Waals surface area (Å²) >= 11 is 0. The van der Waals surface area contributed by atoms with Gasteiger partial charge < -0.3 is 11.1 Å². The molecule has 0 bridgehead atoms. The summed E-state index contributed by atoms with van der Waals surface area (Å²) in [4.78, 5) is 24.0. The fraction of sp³-hybridized carbons (Fsp3) is 0.263. The predicted molar refractivity (Wildman–Crippen MR) is 107 cm³/mol. The molecule has 0 aliphatic heterocycles. The number of anilines is 2. The second-order valence-electron chi connectivity index (χ2n) is 4.21. The van der Waals surface area contributed by atoms with Crippen molar-refractivity contribution in [3.8, 4) is 0 Å². The lowest BCUT2D eigenvalue weighted by Crippen LogP contribution is -2.16. The first kappa shape index (κ1) is 21.8. The Morgan fingerprint density at radius 2 is 1.42 bits per heavy atom. The van der Waals surface area contributed by atoms with E-state index >= 15 is 0 Å². The maximum atomic E-state index is 12.2. The quantitative estimate of drug-likeness (QED) is 0.481. The lowest BCUT2D eigenvalue weighted by atomic mass is 10.1. The highest BCUT2D eigenvalue weighted by Gasteiger charge is 2.14. The first-order valence-corrected chi connectivity index (χ1v) is 8.93. The van der Waals surface area contributed by atoms with Gasteiger partial charge in [-0.2, -0.15) is 0 Å². The van der Waals surface area contributed by atoms with E-state index in [4.69, 9.17) is 5.73 Å². The molecule has 0 heterocycles. The number of ketones is 1. The number of para-hydroxylation sites is 2. The Hall–Kier alpha value is -2.19. The van der Waals surface area contributed by atoms with Crippen LogP contribution < -0.4 is 11.1 Å². The first-order chi connectivity index (χ1) is 11.6. The molecule has 130 valence electrons. The van der Waals surface area contributed by atoms with Crippen molar-refractivity contribution in [3.63, 3.8) is 0 Å². The van der Waals surface area contributed by atoms with E-state index in [-0.39, 0.29) is 11.7 Å². The SMILES string of the molecule is CC.CC.Nc1ccccc1C(=O)Nc1ccccc1C(=O)CP. The Kier molecular flexibility index (Phi) is 11.1. The van der Waals surface area contributed by atoms with Gasteiger partial charge >= 0.3 is 0 Å². The molecule has 2 aromatic rings. The largest absolute Gasteiger partial charge is 0.398 e. The summed E-state index contributed by atoms with van der Waals surface area (Å²) in [6, 6.07) is 13.7. The van der Waals surface area contributed by atoms with Gasteiger partial charge in [0.2, 0.25) is 0 Å². The molecule has 2 rings (SSSR count). The molecule has 3 N–H and O–H groups in total. The number of benzene rings is 2. The van der Waals surface area contributed by atoms with Crippen molar-refractivity contribution in [1.29, 1.82) is 0 Å². The van der Waals surface area contributed by atoms with Gasteiger partial charge in [-0.05, 0) is 24.3 Å². The van der Waals surface area contributed by atoms with Crippen molar-refractivity contribution in [1.82, 2.24) is 0 Å². The minimum atomic E-state index is -0.327. The molecular formula is C19H27N2O2P. The molecule has 0 aliphatic rings. The van der Waals surface area contributed by atoms with Gasteiger partial charge in [-0.15, -0.1) is 9.24 Å². The van der Waals surface area contributed by atoms with Crippen molar-refractivity contribution >= 4 is 32.3 Å². The molecule has 5 heteroatoms. The van der Waals surface area contributed by atoms with Crippen LogP contribution in [-0.4, -0.2) is 17.9 Å². The second kappa shape index (κ2) is 12.3. The normalized spacial score (nSPS) is 8.88. The second-order valence-corrected chi connectivity index (χ2v) is 4.62. The van der Waals surface area contributed by atoms with Crippen LogP contribution in [0.25, 0.3) is 0 Å². The highest BCUT2D eigenvalue weighted by molar-refractivity contribution is 7.18. The van der Waals surface area contributed by atoms with Gasteiger partial charge in [0.15, 0.2) is 5.78 Å². The van der Waals surface area contributed by atoms with Crippen molar-refractivity contribution in [3.05, 3.63) is 59.7 Å². The topological polar surface area (TPSA) is 72.2 Å². The van der Waals surface area contributed by atoms with E-state index in [9.17, 15) is 9.59 Å². The predicted octanol–water partition coefficient (Wildman–Crippen LogP) is 4.63. The first-order valence-electron chi connectivity index (χ1n) is 8.11. The Balaban J connectivity index is 0.00000123. The van der Waals surface area contributed by atoms with Crippen molar-refractivity contribution < 1.29 is 9.59 Å². The number of hydrogen-bond donors (Lipinski definition) is 2. The monoisotopic (exact) mass is 346 g/mol. The zero-order chi connectivity index (χ0) is 18.5. The van der Waals surface area contributed by atoms with Crippen LogP contribution >= 0.6 is 9.24 Å². The number of amides is 1. The molecule has 1 atom stereocenters. The van der Waals surface area contributed by atoms with Gasteiger partial charge in [-0.25, -0.2) is 0 Å². The van der Waals surface area contributed by atoms with Crippen molar-refractivity contribution in [2.75, 3.05) is 17.2 Å². The van der Waals surface area contributed by atoms with Crippen LogP contribution in [0.3, 0.4) is 0 Å². The van der Waals surface area contributed by atoms with Gasteiger partial charge in [0.05, 0.1) is 11.3 Å². The lowest BCUT2D eigenvalue weighted by molar-refractivity contribution is 0.102. The van der Waals surface area contributed by atoms with Crippen LogP contribution in [0.5, 0.6) is 0 Å². The standard InChI is InChI=1S/C15H15N2O2P.2C2H6/c16-12-7-3-1-5-10(12)15(19)17-13-8-4-2-6-11(13)14(18)9-20;2*1-2/h1-8H,9,16,20H2,(H,17,19);2*1-2H3. The van der Waals surface area contributed by atoms with E-state index in [0.717, 1.165) is 0 Å². The van der Waals surface area contributed by atoms with E-state index < -0.39 is 0 Å². The third-order valence-electron chi connectivity index (χ3n) is 2.87. The van der Waals surface area contributed by atoms with E-state index in [1.807, 2.05) is 27.7 Å². The molecule has 0 fully saturated rings. The molecule has 0 aromatic heterocycles. The Labute approximate surface area is 147 Å². The highest BCUT2D eigenvalue weighted by atomic mass is 31.0. The van der Waals surface area contributed by atoms with Gasteiger partial charge in [-0.1, -0.05) is 52.0 Å². The van der Waals surface area contributed by atoms with Gasteiger partial charge in [0.1, 0.15) is 0 Å². The van der Waals surface area contributed by atoms with Crippen LogP contribution in [-0.2, 0) is 0 Å². The van der Waals surface area contributed by atoms with Gasteiger partial charge in [0.25, 0.3) is 5.91 Å². The third-order valence-corrected chi connectivity index (χ3v) is 3.24. The molecule has 0 spiro atoms. The summed E-state index contributed by atoms with van der Waals surface area (Å²) in [6.45, 7) is 8.00. The molecule has 4 nitrogen and oxygen atoms in total. The van der Waals surface area contributed by atoms with E-state index in [0.29, 0.717) is 28.7 Å². The Morgan fingerprint density at radius 3 is 1.96 bits per heavy atom. The number of nitrogen functional groups attached to an aromatic ring is 1. The number of nitrogens with one attached hydrogen (secondary N) is 1. The van der Waals surface area contributed by atoms with E-state index in [1.165, 1.54) is 0 Å². The average molecular weight is 346 g/mol. The highest BCUT2D eigenvalue weighted by Crippen LogP contribution is 2.19. The minimum absolute atomic E-state index is 0.0491. The molecule has 0 aliphatic carbocycles. The van der Waals surface area contributed by atoms with Crippen LogP contribution in [0.2, 0.25) is 0 Å². The smallest absolute Gasteiger partial charge is 0.257 e. The maximum absolute atomic E-state index is 12.2. The maximum Gasteiger partial charge on any atom is 0.257 e. The van der Waals surface area contributed by atoms with Crippen LogP contribution in [0.4, 0.5) is 11.4 Å². The van der Waals surface area contributed by atoms with Gasteiger partial charge in [-0.3, -0.25) is 9.59 Å².